The van der Waals surface area contributed by atoms with Crippen molar-refractivity contribution in [2.45, 2.75) is 62.6 Å². The summed E-state index contributed by atoms with van der Waals surface area (Å²) in [5.74, 6) is -0.290. The van der Waals surface area contributed by atoms with Gasteiger partial charge in [-0.2, -0.15) is 4.98 Å². The summed E-state index contributed by atoms with van der Waals surface area (Å²) in [6.07, 6.45) is 2.75. The van der Waals surface area contributed by atoms with Crippen LogP contribution in [0.5, 0.6) is 0 Å². The number of rotatable bonds is 5. The van der Waals surface area contributed by atoms with Crippen LogP contribution in [0.2, 0.25) is 0 Å². The van der Waals surface area contributed by atoms with Crippen molar-refractivity contribution in [1.82, 2.24) is 14.9 Å². The van der Waals surface area contributed by atoms with Crippen molar-refractivity contribution >= 4 is 27.5 Å². The van der Waals surface area contributed by atoms with Crippen LogP contribution in [0.1, 0.15) is 40.5 Å². The van der Waals surface area contributed by atoms with Gasteiger partial charge in [0.1, 0.15) is 0 Å². The number of hydrogen-bond donors (Lipinski definition) is 3. The lowest BCUT2D eigenvalue weighted by molar-refractivity contribution is -0.00778. The molecule has 1 aliphatic rings. The van der Waals surface area contributed by atoms with Crippen LogP contribution in [0.25, 0.3) is 0 Å². The van der Waals surface area contributed by atoms with Gasteiger partial charge in [0.15, 0.2) is 11.6 Å². The van der Waals surface area contributed by atoms with E-state index in [1.165, 1.54) is 12.1 Å². The maximum atomic E-state index is 14.4. The highest BCUT2D eigenvalue weighted by molar-refractivity contribution is 7.89. The molecule has 2 heterocycles. The Morgan fingerprint density at radius 3 is 2.43 bits per heavy atom. The lowest BCUT2D eigenvalue weighted by atomic mass is 9.77. The minimum absolute atomic E-state index is 0.0363. The van der Waals surface area contributed by atoms with Crippen molar-refractivity contribution in [3.8, 4) is 0 Å². The number of halogens is 1. The molecule has 3 rings (SSSR count). The average molecular weight is 437 g/mol. The van der Waals surface area contributed by atoms with E-state index in [0.29, 0.717) is 5.69 Å². The van der Waals surface area contributed by atoms with Crippen LogP contribution < -0.4 is 15.8 Å². The molecule has 8 nitrogen and oxygen atoms in total. The van der Waals surface area contributed by atoms with Crippen LogP contribution in [0, 0.1) is 5.82 Å². The summed E-state index contributed by atoms with van der Waals surface area (Å²) in [5, 5.41) is 11.3. The molecule has 1 aromatic heterocycles. The molecule has 1 fully saturated rings. The molecule has 1 aromatic carbocycles. The first-order chi connectivity index (χ1) is 13.8. The molecular formula is C20H29FN6O2S. The van der Waals surface area contributed by atoms with E-state index in [2.05, 4.69) is 60.2 Å². The number of hydrogen-bond acceptors (Lipinski definition) is 7. The minimum atomic E-state index is -3.84. The third-order valence-corrected chi connectivity index (χ3v) is 6.72. The third-order valence-electron chi connectivity index (χ3n) is 5.81. The Morgan fingerprint density at radius 2 is 1.83 bits per heavy atom. The van der Waals surface area contributed by atoms with Crippen LogP contribution in [0.15, 0.2) is 35.4 Å². The highest BCUT2D eigenvalue weighted by Gasteiger charge is 2.43. The molecule has 1 saturated heterocycles. The number of nitrogens with zero attached hydrogens (tertiary/aromatic N) is 3. The van der Waals surface area contributed by atoms with E-state index in [-0.39, 0.29) is 33.8 Å². The van der Waals surface area contributed by atoms with E-state index in [1.807, 2.05) is 0 Å². The zero-order valence-corrected chi connectivity index (χ0v) is 18.7. The van der Waals surface area contributed by atoms with Gasteiger partial charge in [-0.15, -0.1) is 0 Å². The van der Waals surface area contributed by atoms with E-state index in [1.54, 1.807) is 12.1 Å². The van der Waals surface area contributed by atoms with Crippen LogP contribution in [0.3, 0.4) is 0 Å². The van der Waals surface area contributed by atoms with E-state index < -0.39 is 15.8 Å². The third kappa shape index (κ3) is 4.88. The van der Waals surface area contributed by atoms with Crippen LogP contribution in [-0.4, -0.2) is 47.5 Å². The van der Waals surface area contributed by atoms with Crippen molar-refractivity contribution in [3.05, 3.63) is 36.3 Å². The number of primary sulfonamides is 1. The van der Waals surface area contributed by atoms with Gasteiger partial charge in [-0.1, -0.05) is 6.07 Å². The van der Waals surface area contributed by atoms with Gasteiger partial charge in [-0.05, 0) is 65.8 Å². The molecule has 0 aliphatic carbocycles. The fourth-order valence-electron chi connectivity index (χ4n) is 4.08. The van der Waals surface area contributed by atoms with Crippen molar-refractivity contribution in [3.63, 3.8) is 0 Å². The highest BCUT2D eigenvalue weighted by Crippen LogP contribution is 2.38. The Morgan fingerprint density at radius 1 is 1.20 bits per heavy atom. The summed E-state index contributed by atoms with van der Waals surface area (Å²) < 4.78 is 37.5. The Hall–Kier alpha value is -2.30. The van der Waals surface area contributed by atoms with Crippen LogP contribution in [-0.2, 0) is 10.0 Å². The second-order valence-electron chi connectivity index (χ2n) is 9.02. The van der Waals surface area contributed by atoms with Gasteiger partial charge in [0.05, 0.1) is 11.1 Å². The SMILES string of the molecule is CN1C(C)(C)CC(Nc2nc(Nc3cccc(S(N)(=O)=O)c3)ncc2F)CC1(C)C. The van der Waals surface area contributed by atoms with Gasteiger partial charge < -0.3 is 10.6 Å². The van der Waals surface area contributed by atoms with Crippen molar-refractivity contribution in [1.29, 1.82) is 0 Å². The normalized spacial score (nSPS) is 19.4. The molecule has 0 radical (unpaired) electrons. The Kier molecular flexibility index (Phi) is 5.78. The summed E-state index contributed by atoms with van der Waals surface area (Å²) in [6, 6.07) is 6.00. The maximum absolute atomic E-state index is 14.4. The molecule has 0 atom stereocenters. The van der Waals surface area contributed by atoms with Gasteiger partial charge >= 0.3 is 0 Å². The number of likely N-dealkylation sites (tertiary alicyclic amines) is 1. The van der Waals surface area contributed by atoms with Gasteiger partial charge in [0.2, 0.25) is 16.0 Å². The van der Waals surface area contributed by atoms with E-state index in [9.17, 15) is 12.8 Å². The standard InChI is InChI=1S/C20H29FN6O2S/c1-19(2)10-14(11-20(3,4)27(19)5)24-17-16(21)12-23-18(26-17)25-13-7-6-8-15(9-13)30(22,28)29/h6-9,12,14H,10-11H2,1-5H3,(H2,22,28,29)(H2,23,24,25,26). The Balaban J connectivity index is 1.81. The molecule has 0 amide bonds. The molecule has 164 valence electrons. The second-order valence-corrected chi connectivity index (χ2v) is 10.6. The minimum Gasteiger partial charge on any atom is -0.365 e. The molecule has 0 bridgehead atoms. The molecule has 0 spiro atoms. The predicted molar refractivity (Wildman–Crippen MR) is 116 cm³/mol. The van der Waals surface area contributed by atoms with Gasteiger partial charge in [0.25, 0.3) is 0 Å². The zero-order valence-electron chi connectivity index (χ0n) is 17.9. The number of nitrogens with one attached hydrogen (secondary N) is 2. The smallest absolute Gasteiger partial charge is 0.238 e. The molecule has 1 aliphatic heterocycles. The fraction of sp³-hybridized carbons (Fsp3) is 0.500. The number of aromatic nitrogens is 2. The number of nitrogens with two attached hydrogens (primary N) is 1. The summed E-state index contributed by atoms with van der Waals surface area (Å²) in [6.45, 7) is 8.68. The van der Waals surface area contributed by atoms with Gasteiger partial charge in [0, 0.05) is 22.8 Å². The maximum Gasteiger partial charge on any atom is 0.238 e. The number of piperidine rings is 1. The van der Waals surface area contributed by atoms with Crippen LogP contribution >= 0.6 is 0 Å². The molecule has 0 saturated carbocycles. The number of benzene rings is 1. The summed E-state index contributed by atoms with van der Waals surface area (Å²) in [7, 11) is -1.73. The first kappa shape index (κ1) is 22.4. The average Bonchev–Trinajstić information content (AvgIpc) is 2.61. The highest BCUT2D eigenvalue weighted by atomic mass is 32.2. The molecule has 4 N–H and O–H groups in total. The van der Waals surface area contributed by atoms with E-state index >= 15 is 0 Å². The molecule has 0 unspecified atom stereocenters. The van der Waals surface area contributed by atoms with Crippen molar-refractivity contribution in [2.24, 2.45) is 5.14 Å². The first-order valence-electron chi connectivity index (χ1n) is 9.71. The van der Waals surface area contributed by atoms with Gasteiger partial charge in [-0.3, -0.25) is 4.90 Å². The number of anilines is 3. The lowest BCUT2D eigenvalue weighted by Gasteiger charge is -2.53. The van der Waals surface area contributed by atoms with E-state index in [0.717, 1.165) is 19.0 Å². The monoisotopic (exact) mass is 436 g/mol. The first-order valence-corrected chi connectivity index (χ1v) is 11.3. The fourth-order valence-corrected chi connectivity index (χ4v) is 4.63. The van der Waals surface area contributed by atoms with E-state index in [4.69, 9.17) is 5.14 Å². The summed E-state index contributed by atoms with van der Waals surface area (Å²) in [5.41, 5.74) is 0.316. The predicted octanol–water partition coefficient (Wildman–Crippen LogP) is 3.07. The second kappa shape index (κ2) is 7.75. The van der Waals surface area contributed by atoms with Crippen LogP contribution in [0.4, 0.5) is 21.8 Å². The summed E-state index contributed by atoms with van der Waals surface area (Å²) in [4.78, 5) is 10.5. The van der Waals surface area contributed by atoms with Crippen molar-refractivity contribution < 1.29 is 12.8 Å². The van der Waals surface area contributed by atoms with Gasteiger partial charge in [-0.25, -0.2) is 22.9 Å². The Bertz CT molecular complexity index is 1020. The quantitative estimate of drug-likeness (QED) is 0.660. The molecule has 30 heavy (non-hydrogen) atoms. The molecular weight excluding hydrogens is 407 g/mol. The largest absolute Gasteiger partial charge is 0.365 e. The number of sulfonamides is 1. The summed E-state index contributed by atoms with van der Waals surface area (Å²) >= 11 is 0. The molecule has 10 heteroatoms. The Labute approximate surface area is 177 Å². The van der Waals surface area contributed by atoms with Crippen molar-refractivity contribution in [2.75, 3.05) is 17.7 Å². The molecule has 2 aromatic rings. The topological polar surface area (TPSA) is 113 Å². The zero-order chi connectivity index (χ0) is 22.3. The lowest BCUT2D eigenvalue weighted by Crippen LogP contribution is -2.61.